The van der Waals surface area contributed by atoms with Crippen molar-refractivity contribution in [1.82, 2.24) is 0 Å². The van der Waals surface area contributed by atoms with Gasteiger partial charge in [0.1, 0.15) is 11.4 Å². The zero-order chi connectivity index (χ0) is 20.5. The van der Waals surface area contributed by atoms with Gasteiger partial charge < -0.3 is 14.2 Å². The Morgan fingerprint density at radius 3 is 2.48 bits per heavy atom. The molecule has 1 saturated carbocycles. The van der Waals surface area contributed by atoms with E-state index in [0.717, 1.165) is 47.9 Å². The molecule has 0 unspecified atom stereocenters. The van der Waals surface area contributed by atoms with Crippen molar-refractivity contribution in [2.45, 2.75) is 58.2 Å². The Kier molecular flexibility index (Phi) is 4.27. The summed E-state index contributed by atoms with van der Waals surface area (Å²) in [5.74, 6) is -0.167. The van der Waals surface area contributed by atoms with E-state index in [-0.39, 0.29) is 35.6 Å². The third-order valence-corrected chi connectivity index (χ3v) is 7.08. The minimum atomic E-state index is -0.576. The fourth-order valence-electron chi connectivity index (χ4n) is 5.88. The van der Waals surface area contributed by atoms with Crippen molar-refractivity contribution in [3.8, 4) is 0 Å². The number of carbonyl (C=O) groups is 2. The number of hydrogen-bond acceptors (Lipinski definition) is 5. The van der Waals surface area contributed by atoms with Gasteiger partial charge in [0, 0.05) is 7.11 Å². The Labute approximate surface area is 171 Å². The number of ether oxygens (including phenoxy) is 3. The second-order valence-corrected chi connectivity index (χ2v) is 9.27. The molecule has 0 radical (unpaired) electrons. The summed E-state index contributed by atoms with van der Waals surface area (Å²) in [6.07, 6.45) is 3.28. The summed E-state index contributed by atoms with van der Waals surface area (Å²) in [7, 11) is 1.66. The van der Waals surface area contributed by atoms with Gasteiger partial charge in [0.05, 0.1) is 36.0 Å². The highest BCUT2D eigenvalue weighted by Crippen LogP contribution is 2.60. The molecule has 4 aliphatic rings. The zero-order valence-electron chi connectivity index (χ0n) is 17.5. The van der Waals surface area contributed by atoms with Crippen LogP contribution in [-0.2, 0) is 23.8 Å². The Hall–Kier alpha value is -1.98. The van der Waals surface area contributed by atoms with Gasteiger partial charge in [0.25, 0.3) is 0 Å². The van der Waals surface area contributed by atoms with Gasteiger partial charge in [0.15, 0.2) is 5.78 Å². The first-order valence-corrected chi connectivity index (χ1v) is 10.6. The number of hydrogen-bond donors (Lipinski definition) is 0. The zero-order valence-corrected chi connectivity index (χ0v) is 17.5. The molecule has 0 spiro atoms. The molecule has 1 aromatic rings. The van der Waals surface area contributed by atoms with Crippen molar-refractivity contribution in [3.63, 3.8) is 0 Å². The standard InChI is InChI=1S/C24H28O5/c1-12-9-13(2)17(14(3)10-12)19-21(25)18-16-7-8-24(29-16,11-27-4)20(18)22(19)28-23(26)15-5-6-15/h9-10,15-16,18,20H,5-8,11H2,1-4H3/t16-,18-,20+,24-/m0/s1. The third-order valence-electron chi connectivity index (χ3n) is 7.08. The lowest BCUT2D eigenvalue weighted by Crippen LogP contribution is -2.42. The van der Waals surface area contributed by atoms with Crippen molar-refractivity contribution < 1.29 is 23.8 Å². The van der Waals surface area contributed by atoms with E-state index in [2.05, 4.69) is 19.1 Å². The van der Waals surface area contributed by atoms with E-state index in [9.17, 15) is 9.59 Å². The van der Waals surface area contributed by atoms with Gasteiger partial charge in [-0.2, -0.15) is 0 Å². The number of ketones is 1. The van der Waals surface area contributed by atoms with Gasteiger partial charge in [-0.1, -0.05) is 17.7 Å². The molecular weight excluding hydrogens is 368 g/mol. The Morgan fingerprint density at radius 2 is 1.86 bits per heavy atom. The molecule has 2 saturated heterocycles. The summed E-state index contributed by atoms with van der Waals surface area (Å²) < 4.78 is 17.9. The molecule has 5 rings (SSSR count). The van der Waals surface area contributed by atoms with Gasteiger partial charge in [-0.15, -0.1) is 0 Å². The normalized spacial score (nSPS) is 32.8. The van der Waals surface area contributed by atoms with Crippen LogP contribution in [0.2, 0.25) is 0 Å². The van der Waals surface area contributed by atoms with Gasteiger partial charge >= 0.3 is 5.97 Å². The van der Waals surface area contributed by atoms with E-state index in [4.69, 9.17) is 14.2 Å². The van der Waals surface area contributed by atoms with Crippen molar-refractivity contribution >= 4 is 17.3 Å². The lowest BCUT2D eigenvalue weighted by Gasteiger charge is -2.33. The molecule has 0 aromatic heterocycles. The van der Waals surface area contributed by atoms with Crippen molar-refractivity contribution in [2.24, 2.45) is 17.8 Å². The topological polar surface area (TPSA) is 61.8 Å². The molecule has 5 heteroatoms. The molecule has 29 heavy (non-hydrogen) atoms. The number of esters is 1. The average molecular weight is 396 g/mol. The van der Waals surface area contributed by atoms with Crippen LogP contribution in [0.3, 0.4) is 0 Å². The molecule has 0 amide bonds. The molecular formula is C24H28O5. The van der Waals surface area contributed by atoms with Crippen LogP contribution in [0.15, 0.2) is 17.9 Å². The number of fused-ring (bicyclic) bond motifs is 5. The largest absolute Gasteiger partial charge is 0.430 e. The lowest BCUT2D eigenvalue weighted by atomic mass is 9.73. The maximum Gasteiger partial charge on any atom is 0.314 e. The number of allylic oxidation sites excluding steroid dienone is 1. The first-order chi connectivity index (χ1) is 13.9. The van der Waals surface area contributed by atoms with Gasteiger partial charge in [-0.3, -0.25) is 9.59 Å². The number of Topliss-reactive ketones (excluding diaryl/α,β-unsaturated/α-hetero) is 1. The second-order valence-electron chi connectivity index (χ2n) is 9.27. The van der Waals surface area contributed by atoms with Crippen LogP contribution < -0.4 is 0 Å². The SMILES string of the molecule is COC[C@]12CC[C@H](O1)[C@@H]1C(=O)C(c3c(C)cc(C)cc3C)=C(OC(=O)C3CC3)[C@@H]12. The van der Waals surface area contributed by atoms with Gasteiger partial charge in [-0.05, 0) is 63.1 Å². The second kappa shape index (κ2) is 6.51. The highest BCUT2D eigenvalue weighted by Gasteiger charge is 2.67. The predicted molar refractivity (Wildman–Crippen MR) is 107 cm³/mol. The molecule has 1 aromatic carbocycles. The number of benzene rings is 1. The molecule has 5 nitrogen and oxygen atoms in total. The number of aryl methyl sites for hydroxylation is 3. The lowest BCUT2D eigenvalue weighted by molar-refractivity contribution is -0.143. The number of carbonyl (C=O) groups excluding carboxylic acids is 2. The number of rotatable bonds is 5. The summed E-state index contributed by atoms with van der Waals surface area (Å²) in [5, 5.41) is 0. The smallest absolute Gasteiger partial charge is 0.314 e. The van der Waals surface area contributed by atoms with E-state index in [0.29, 0.717) is 17.9 Å². The van der Waals surface area contributed by atoms with E-state index >= 15 is 0 Å². The summed E-state index contributed by atoms with van der Waals surface area (Å²) >= 11 is 0. The summed E-state index contributed by atoms with van der Waals surface area (Å²) in [6.45, 7) is 6.51. The first kappa shape index (κ1) is 19.0. The van der Waals surface area contributed by atoms with E-state index in [1.165, 1.54) is 0 Å². The fourth-order valence-corrected chi connectivity index (χ4v) is 5.88. The van der Waals surface area contributed by atoms with Crippen LogP contribution in [-0.4, -0.2) is 37.2 Å². The van der Waals surface area contributed by atoms with Crippen LogP contribution in [0.1, 0.15) is 47.9 Å². The fraction of sp³-hybridized carbons (Fsp3) is 0.583. The van der Waals surface area contributed by atoms with E-state index in [1.54, 1.807) is 7.11 Å². The monoisotopic (exact) mass is 396 g/mol. The van der Waals surface area contributed by atoms with Crippen LogP contribution in [0.25, 0.3) is 5.57 Å². The molecule has 4 atom stereocenters. The van der Waals surface area contributed by atoms with E-state index in [1.807, 2.05) is 13.8 Å². The Bertz CT molecular complexity index is 918. The van der Waals surface area contributed by atoms with Crippen LogP contribution in [0, 0.1) is 38.5 Å². The maximum absolute atomic E-state index is 13.7. The molecule has 0 N–H and O–H groups in total. The molecule has 2 heterocycles. The first-order valence-electron chi connectivity index (χ1n) is 10.6. The van der Waals surface area contributed by atoms with Crippen molar-refractivity contribution in [3.05, 3.63) is 40.1 Å². The summed E-state index contributed by atoms with van der Waals surface area (Å²) in [5.41, 5.74) is 4.18. The summed E-state index contributed by atoms with van der Waals surface area (Å²) in [6, 6.07) is 4.18. The molecule has 2 aliphatic heterocycles. The maximum atomic E-state index is 13.7. The van der Waals surface area contributed by atoms with Gasteiger partial charge in [-0.25, -0.2) is 0 Å². The third kappa shape index (κ3) is 2.74. The molecule has 3 fully saturated rings. The highest BCUT2D eigenvalue weighted by molar-refractivity contribution is 6.26. The minimum absolute atomic E-state index is 0.0315. The minimum Gasteiger partial charge on any atom is -0.430 e. The molecule has 2 bridgehead atoms. The van der Waals surface area contributed by atoms with Gasteiger partial charge in [0.2, 0.25) is 0 Å². The molecule has 2 aliphatic carbocycles. The predicted octanol–water partition coefficient (Wildman–Crippen LogP) is 3.67. The van der Waals surface area contributed by atoms with Crippen LogP contribution in [0.4, 0.5) is 0 Å². The summed E-state index contributed by atoms with van der Waals surface area (Å²) in [4.78, 5) is 26.4. The Balaban J connectivity index is 1.68. The van der Waals surface area contributed by atoms with E-state index < -0.39 is 5.60 Å². The molecule has 154 valence electrons. The van der Waals surface area contributed by atoms with Crippen molar-refractivity contribution in [1.29, 1.82) is 0 Å². The quantitative estimate of drug-likeness (QED) is 0.711. The average Bonchev–Trinajstić information content (AvgIpc) is 3.28. The number of methoxy groups -OCH3 is 1. The van der Waals surface area contributed by atoms with Crippen LogP contribution >= 0.6 is 0 Å². The van der Waals surface area contributed by atoms with Crippen molar-refractivity contribution in [2.75, 3.05) is 13.7 Å². The highest BCUT2D eigenvalue weighted by atomic mass is 16.6. The van der Waals surface area contributed by atoms with Crippen LogP contribution in [0.5, 0.6) is 0 Å². The Morgan fingerprint density at radius 1 is 1.17 bits per heavy atom.